The number of H-pyrrole nitrogens is 1. The number of fused-ring (bicyclic) bond motifs is 1. The maximum atomic E-state index is 11.7. The van der Waals surface area contributed by atoms with Crippen molar-refractivity contribution in [2.75, 3.05) is 18.6 Å². The van der Waals surface area contributed by atoms with Crippen molar-refractivity contribution >= 4 is 26.8 Å². The second-order valence-corrected chi connectivity index (χ2v) is 7.29. The third kappa shape index (κ3) is 5.18. The molecule has 1 aromatic carbocycles. The summed E-state index contributed by atoms with van der Waals surface area (Å²) in [5.74, 6) is 0.781. The molecule has 2 rings (SSSR count). The Morgan fingerprint density at radius 1 is 1.33 bits per heavy atom. The third-order valence-corrected chi connectivity index (χ3v) is 4.07. The van der Waals surface area contributed by atoms with Crippen molar-refractivity contribution in [3.63, 3.8) is 0 Å². The standard InChI is InChI=1S/C14H19N3O3S/c1-21(19,20)10-4-9-15-14(18)8-7-13-16-11-5-2-3-6-12(11)17-13/h2-3,5-6H,4,7-10H2,1H3,(H,15,18)(H,16,17). The SMILES string of the molecule is CS(=O)(=O)CCCNC(=O)CCc1nc2ccccc2[nH]1. The molecule has 0 aliphatic rings. The summed E-state index contributed by atoms with van der Waals surface area (Å²) >= 11 is 0. The van der Waals surface area contributed by atoms with Gasteiger partial charge >= 0.3 is 0 Å². The first kappa shape index (κ1) is 15.5. The van der Waals surface area contributed by atoms with E-state index in [9.17, 15) is 13.2 Å². The first-order chi connectivity index (χ1) is 9.94. The van der Waals surface area contributed by atoms with Crippen LogP contribution in [-0.4, -0.2) is 42.8 Å². The third-order valence-electron chi connectivity index (χ3n) is 3.04. The number of carbonyl (C=O) groups is 1. The Bertz CT molecular complexity index is 689. The monoisotopic (exact) mass is 309 g/mol. The number of hydrogen-bond donors (Lipinski definition) is 2. The summed E-state index contributed by atoms with van der Waals surface area (Å²) in [6.45, 7) is 0.381. The fraction of sp³-hybridized carbons (Fsp3) is 0.429. The van der Waals surface area contributed by atoms with Gasteiger partial charge in [-0.25, -0.2) is 13.4 Å². The number of carbonyl (C=O) groups excluding carboxylic acids is 1. The second kappa shape index (κ2) is 6.71. The molecule has 0 bridgehead atoms. The lowest BCUT2D eigenvalue weighted by molar-refractivity contribution is -0.121. The molecule has 0 atom stereocenters. The van der Waals surface area contributed by atoms with E-state index in [4.69, 9.17) is 0 Å². The lowest BCUT2D eigenvalue weighted by atomic mass is 10.3. The van der Waals surface area contributed by atoms with E-state index in [1.54, 1.807) is 0 Å². The second-order valence-electron chi connectivity index (χ2n) is 5.03. The van der Waals surface area contributed by atoms with Gasteiger partial charge in [-0.1, -0.05) is 12.1 Å². The highest BCUT2D eigenvalue weighted by atomic mass is 32.2. The van der Waals surface area contributed by atoms with E-state index in [0.29, 0.717) is 25.8 Å². The molecule has 0 radical (unpaired) electrons. The van der Waals surface area contributed by atoms with Crippen molar-refractivity contribution in [2.45, 2.75) is 19.3 Å². The quantitative estimate of drug-likeness (QED) is 0.748. The molecule has 7 heteroatoms. The highest BCUT2D eigenvalue weighted by molar-refractivity contribution is 7.90. The number of nitrogens with zero attached hydrogens (tertiary/aromatic N) is 1. The van der Waals surface area contributed by atoms with E-state index in [-0.39, 0.29) is 11.7 Å². The molecule has 1 aromatic heterocycles. The van der Waals surface area contributed by atoms with Gasteiger partial charge in [0.1, 0.15) is 15.7 Å². The van der Waals surface area contributed by atoms with Gasteiger partial charge < -0.3 is 10.3 Å². The average molecular weight is 309 g/mol. The molecule has 1 heterocycles. The molecule has 2 N–H and O–H groups in total. The molecule has 114 valence electrons. The fourth-order valence-corrected chi connectivity index (χ4v) is 2.68. The van der Waals surface area contributed by atoms with Crippen molar-refractivity contribution < 1.29 is 13.2 Å². The van der Waals surface area contributed by atoms with E-state index in [1.165, 1.54) is 6.26 Å². The molecule has 6 nitrogen and oxygen atoms in total. The lowest BCUT2D eigenvalue weighted by Crippen LogP contribution is -2.26. The minimum atomic E-state index is -2.96. The molecule has 0 aliphatic heterocycles. The molecular weight excluding hydrogens is 290 g/mol. The Morgan fingerprint density at radius 2 is 2.10 bits per heavy atom. The predicted molar refractivity (Wildman–Crippen MR) is 81.8 cm³/mol. The van der Waals surface area contributed by atoms with Crippen LogP contribution in [0.25, 0.3) is 11.0 Å². The number of aromatic nitrogens is 2. The zero-order valence-electron chi connectivity index (χ0n) is 11.9. The average Bonchev–Trinajstić information content (AvgIpc) is 2.83. The van der Waals surface area contributed by atoms with Crippen molar-refractivity contribution in [1.82, 2.24) is 15.3 Å². The minimum Gasteiger partial charge on any atom is -0.356 e. The molecule has 1 amide bonds. The number of hydrogen-bond acceptors (Lipinski definition) is 4. The normalized spacial score (nSPS) is 11.7. The zero-order chi connectivity index (χ0) is 15.3. The highest BCUT2D eigenvalue weighted by Crippen LogP contribution is 2.11. The first-order valence-corrected chi connectivity index (χ1v) is 8.88. The number of aromatic amines is 1. The van der Waals surface area contributed by atoms with Crippen LogP contribution in [-0.2, 0) is 21.1 Å². The number of para-hydroxylation sites is 2. The summed E-state index contributed by atoms with van der Waals surface area (Å²) in [5.41, 5.74) is 1.85. The van der Waals surface area contributed by atoms with Crippen LogP contribution >= 0.6 is 0 Å². The van der Waals surface area contributed by atoms with Crippen molar-refractivity contribution in [2.24, 2.45) is 0 Å². The summed E-state index contributed by atoms with van der Waals surface area (Å²) in [6, 6.07) is 7.71. The van der Waals surface area contributed by atoms with Crippen LogP contribution in [0, 0.1) is 0 Å². The van der Waals surface area contributed by atoms with Gasteiger partial charge in [-0.2, -0.15) is 0 Å². The summed E-state index contributed by atoms with van der Waals surface area (Å²) in [6.07, 6.45) is 2.50. The van der Waals surface area contributed by atoms with Gasteiger partial charge in [-0.3, -0.25) is 4.79 Å². The smallest absolute Gasteiger partial charge is 0.220 e. The molecule has 0 fully saturated rings. The Labute approximate surface area is 123 Å². The number of imidazole rings is 1. The largest absolute Gasteiger partial charge is 0.356 e. The topological polar surface area (TPSA) is 91.9 Å². The van der Waals surface area contributed by atoms with E-state index in [2.05, 4.69) is 15.3 Å². The summed E-state index contributed by atoms with van der Waals surface area (Å²) in [5, 5.41) is 2.71. The molecule has 0 aliphatic carbocycles. The molecule has 0 saturated carbocycles. The highest BCUT2D eigenvalue weighted by Gasteiger charge is 2.07. The summed E-state index contributed by atoms with van der Waals surface area (Å²) in [7, 11) is -2.96. The van der Waals surface area contributed by atoms with Crippen molar-refractivity contribution in [3.8, 4) is 0 Å². The van der Waals surface area contributed by atoms with Gasteiger partial charge in [0.25, 0.3) is 0 Å². The summed E-state index contributed by atoms with van der Waals surface area (Å²) < 4.78 is 21.9. The Balaban J connectivity index is 1.73. The van der Waals surface area contributed by atoms with Crippen LogP contribution in [0.15, 0.2) is 24.3 Å². The maximum absolute atomic E-state index is 11.7. The van der Waals surface area contributed by atoms with Crippen LogP contribution in [0.5, 0.6) is 0 Å². The molecule has 2 aromatic rings. The van der Waals surface area contributed by atoms with Crippen LogP contribution in [0.4, 0.5) is 0 Å². The Hall–Kier alpha value is -1.89. The van der Waals surface area contributed by atoms with Gasteiger partial charge in [-0.15, -0.1) is 0 Å². The number of amides is 1. The van der Waals surface area contributed by atoms with Gasteiger partial charge in [0, 0.05) is 25.6 Å². The van der Waals surface area contributed by atoms with E-state index in [0.717, 1.165) is 16.9 Å². The number of aryl methyl sites for hydroxylation is 1. The number of sulfone groups is 1. The van der Waals surface area contributed by atoms with E-state index < -0.39 is 9.84 Å². The Morgan fingerprint density at radius 3 is 2.81 bits per heavy atom. The molecular formula is C14H19N3O3S. The van der Waals surface area contributed by atoms with Crippen molar-refractivity contribution in [1.29, 1.82) is 0 Å². The van der Waals surface area contributed by atoms with Crippen LogP contribution in [0.1, 0.15) is 18.7 Å². The van der Waals surface area contributed by atoms with E-state index in [1.807, 2.05) is 24.3 Å². The van der Waals surface area contributed by atoms with Gasteiger partial charge in [0.05, 0.1) is 16.8 Å². The molecule has 0 saturated heterocycles. The number of benzene rings is 1. The van der Waals surface area contributed by atoms with Gasteiger partial charge in [0.15, 0.2) is 0 Å². The summed E-state index contributed by atoms with van der Waals surface area (Å²) in [4.78, 5) is 19.2. The van der Waals surface area contributed by atoms with Crippen LogP contribution in [0.3, 0.4) is 0 Å². The zero-order valence-corrected chi connectivity index (χ0v) is 12.7. The molecule has 21 heavy (non-hydrogen) atoms. The maximum Gasteiger partial charge on any atom is 0.220 e. The molecule has 0 unspecified atom stereocenters. The lowest BCUT2D eigenvalue weighted by Gasteiger charge is -2.03. The fourth-order valence-electron chi connectivity index (χ4n) is 2.01. The number of nitrogens with one attached hydrogen (secondary N) is 2. The van der Waals surface area contributed by atoms with Crippen LogP contribution in [0.2, 0.25) is 0 Å². The van der Waals surface area contributed by atoms with Gasteiger partial charge in [-0.05, 0) is 18.6 Å². The van der Waals surface area contributed by atoms with E-state index >= 15 is 0 Å². The molecule has 0 spiro atoms. The number of rotatable bonds is 7. The van der Waals surface area contributed by atoms with Crippen molar-refractivity contribution in [3.05, 3.63) is 30.1 Å². The Kier molecular flexibility index (Phi) is 4.95. The predicted octanol–water partition coefficient (Wildman–Crippen LogP) is 1.05. The van der Waals surface area contributed by atoms with Gasteiger partial charge in [0.2, 0.25) is 5.91 Å². The minimum absolute atomic E-state index is 0.0936. The first-order valence-electron chi connectivity index (χ1n) is 6.82. The van der Waals surface area contributed by atoms with Crippen LogP contribution < -0.4 is 5.32 Å².